The van der Waals surface area contributed by atoms with Gasteiger partial charge in [-0.25, -0.2) is 4.68 Å². The SMILES string of the molecule is COc1cc(C(=O)NCc2cn(C3CCOC3)nn2)cc(CC2CC2)c1O. The summed E-state index contributed by atoms with van der Waals surface area (Å²) in [5.41, 5.74) is 1.92. The van der Waals surface area contributed by atoms with Gasteiger partial charge in [0.2, 0.25) is 0 Å². The highest BCUT2D eigenvalue weighted by molar-refractivity contribution is 5.95. The molecule has 144 valence electrons. The van der Waals surface area contributed by atoms with Gasteiger partial charge in [0.15, 0.2) is 11.5 Å². The van der Waals surface area contributed by atoms with Gasteiger partial charge in [-0.1, -0.05) is 5.21 Å². The zero-order chi connectivity index (χ0) is 18.8. The van der Waals surface area contributed by atoms with Gasteiger partial charge in [-0.15, -0.1) is 5.10 Å². The second-order valence-corrected chi connectivity index (χ2v) is 7.22. The van der Waals surface area contributed by atoms with Crippen molar-refractivity contribution in [3.05, 3.63) is 35.2 Å². The van der Waals surface area contributed by atoms with E-state index in [0.29, 0.717) is 29.5 Å². The fourth-order valence-electron chi connectivity index (χ4n) is 3.32. The lowest BCUT2D eigenvalue weighted by molar-refractivity contribution is 0.0950. The molecule has 2 heterocycles. The van der Waals surface area contributed by atoms with E-state index in [1.807, 2.05) is 6.20 Å². The maximum absolute atomic E-state index is 12.6. The third-order valence-electron chi connectivity index (χ3n) is 5.11. The summed E-state index contributed by atoms with van der Waals surface area (Å²) >= 11 is 0. The minimum absolute atomic E-state index is 0.127. The van der Waals surface area contributed by atoms with Crippen molar-refractivity contribution in [3.8, 4) is 11.5 Å². The molecule has 2 fully saturated rings. The number of carbonyl (C=O) groups excluding carboxylic acids is 1. The van der Waals surface area contributed by atoms with Gasteiger partial charge < -0.3 is 19.9 Å². The molecule has 0 radical (unpaired) electrons. The molecule has 2 aliphatic rings. The van der Waals surface area contributed by atoms with Crippen LogP contribution in [0.25, 0.3) is 0 Å². The zero-order valence-electron chi connectivity index (χ0n) is 15.4. The lowest BCUT2D eigenvalue weighted by Crippen LogP contribution is -2.23. The molecular formula is C19H24N4O4. The monoisotopic (exact) mass is 372 g/mol. The summed E-state index contributed by atoms with van der Waals surface area (Å²) in [7, 11) is 1.49. The summed E-state index contributed by atoms with van der Waals surface area (Å²) in [6.07, 6.45) is 5.86. The van der Waals surface area contributed by atoms with E-state index in [0.717, 1.165) is 25.0 Å². The summed E-state index contributed by atoms with van der Waals surface area (Å²) in [5.74, 6) is 0.811. The number of benzene rings is 1. The predicted octanol–water partition coefficient (Wildman–Crippen LogP) is 1.84. The summed E-state index contributed by atoms with van der Waals surface area (Å²) in [6, 6.07) is 3.53. The lowest BCUT2D eigenvalue weighted by atomic mass is 10.0. The molecule has 1 aliphatic carbocycles. The third kappa shape index (κ3) is 4.05. The van der Waals surface area contributed by atoms with E-state index in [4.69, 9.17) is 9.47 Å². The van der Waals surface area contributed by atoms with Crippen molar-refractivity contribution < 1.29 is 19.4 Å². The molecule has 1 saturated carbocycles. The second-order valence-electron chi connectivity index (χ2n) is 7.22. The summed E-state index contributed by atoms with van der Waals surface area (Å²) < 4.78 is 12.4. The highest BCUT2D eigenvalue weighted by Gasteiger charge is 2.25. The predicted molar refractivity (Wildman–Crippen MR) is 96.8 cm³/mol. The van der Waals surface area contributed by atoms with Crippen LogP contribution in [-0.2, 0) is 17.7 Å². The van der Waals surface area contributed by atoms with Gasteiger partial charge >= 0.3 is 0 Å². The third-order valence-corrected chi connectivity index (χ3v) is 5.11. The number of hydrogen-bond acceptors (Lipinski definition) is 6. The Balaban J connectivity index is 1.43. The van der Waals surface area contributed by atoms with Crippen LogP contribution >= 0.6 is 0 Å². The standard InChI is InChI=1S/C19H24N4O4/c1-26-17-8-14(7-13(18(17)24)6-12-2-3-12)19(25)20-9-15-10-23(22-21-15)16-4-5-27-11-16/h7-8,10,12,16,24H,2-6,9,11H2,1H3,(H,20,25). The van der Waals surface area contributed by atoms with Gasteiger partial charge in [-0.05, 0) is 49.3 Å². The number of nitrogens with zero attached hydrogens (tertiary/aromatic N) is 3. The molecule has 8 heteroatoms. The molecule has 0 bridgehead atoms. The molecule has 27 heavy (non-hydrogen) atoms. The molecule has 1 unspecified atom stereocenters. The van der Waals surface area contributed by atoms with Crippen LogP contribution in [0.5, 0.6) is 11.5 Å². The highest BCUT2D eigenvalue weighted by Crippen LogP contribution is 2.39. The molecule has 1 saturated heterocycles. The number of aromatic nitrogens is 3. The van der Waals surface area contributed by atoms with Gasteiger partial charge in [-0.2, -0.15) is 0 Å². The van der Waals surface area contributed by atoms with Gasteiger partial charge in [0.1, 0.15) is 5.69 Å². The largest absolute Gasteiger partial charge is 0.504 e. The summed E-state index contributed by atoms with van der Waals surface area (Å²) in [5, 5.41) is 21.4. The number of rotatable bonds is 7. The first-order valence-corrected chi connectivity index (χ1v) is 9.30. The molecular weight excluding hydrogens is 348 g/mol. The minimum Gasteiger partial charge on any atom is -0.504 e. The van der Waals surface area contributed by atoms with Crippen LogP contribution in [0.2, 0.25) is 0 Å². The van der Waals surface area contributed by atoms with Gasteiger partial charge in [0, 0.05) is 12.2 Å². The Morgan fingerprint density at radius 1 is 1.41 bits per heavy atom. The van der Waals surface area contributed by atoms with E-state index < -0.39 is 0 Å². The van der Waals surface area contributed by atoms with Crippen LogP contribution in [0.15, 0.2) is 18.3 Å². The van der Waals surface area contributed by atoms with Crippen LogP contribution in [0, 0.1) is 5.92 Å². The van der Waals surface area contributed by atoms with Gasteiger partial charge in [-0.3, -0.25) is 4.79 Å². The van der Waals surface area contributed by atoms with Crippen molar-refractivity contribution in [2.45, 2.75) is 38.3 Å². The average molecular weight is 372 g/mol. The minimum atomic E-state index is -0.232. The molecule has 2 N–H and O–H groups in total. The number of amides is 1. The van der Waals surface area contributed by atoms with Crippen molar-refractivity contribution in [1.82, 2.24) is 20.3 Å². The number of ether oxygens (including phenoxy) is 2. The number of phenolic OH excluding ortho intramolecular Hbond substituents is 1. The maximum Gasteiger partial charge on any atom is 0.251 e. The smallest absolute Gasteiger partial charge is 0.251 e. The first-order chi connectivity index (χ1) is 13.1. The Hall–Kier alpha value is -2.61. The van der Waals surface area contributed by atoms with Crippen molar-refractivity contribution in [2.24, 2.45) is 5.92 Å². The number of aromatic hydroxyl groups is 1. The first-order valence-electron chi connectivity index (χ1n) is 9.30. The van der Waals surface area contributed by atoms with Crippen LogP contribution in [0.1, 0.15) is 46.9 Å². The van der Waals surface area contributed by atoms with E-state index in [2.05, 4.69) is 15.6 Å². The van der Waals surface area contributed by atoms with Crippen molar-refractivity contribution >= 4 is 5.91 Å². The van der Waals surface area contributed by atoms with Crippen LogP contribution in [0.3, 0.4) is 0 Å². The Labute approximate surface area is 157 Å². The quantitative estimate of drug-likeness (QED) is 0.769. The second kappa shape index (κ2) is 7.56. The lowest BCUT2D eigenvalue weighted by Gasteiger charge is -2.12. The number of phenols is 1. The van der Waals surface area contributed by atoms with Gasteiger partial charge in [0.25, 0.3) is 5.91 Å². The molecule has 8 nitrogen and oxygen atoms in total. The molecule has 1 aromatic heterocycles. The van der Waals surface area contributed by atoms with E-state index in [1.165, 1.54) is 20.0 Å². The van der Waals surface area contributed by atoms with Crippen LogP contribution < -0.4 is 10.1 Å². The fourth-order valence-corrected chi connectivity index (χ4v) is 3.32. The first kappa shape index (κ1) is 17.8. The summed E-state index contributed by atoms with van der Waals surface area (Å²) in [6.45, 7) is 1.67. The van der Waals surface area contributed by atoms with Crippen LogP contribution in [0.4, 0.5) is 0 Å². The highest BCUT2D eigenvalue weighted by atomic mass is 16.5. The normalized spacial score (nSPS) is 19.2. The molecule has 1 amide bonds. The van der Waals surface area contributed by atoms with E-state index in [9.17, 15) is 9.90 Å². The van der Waals surface area contributed by atoms with Crippen molar-refractivity contribution in [1.29, 1.82) is 0 Å². The van der Waals surface area contributed by atoms with Gasteiger partial charge in [0.05, 0.1) is 32.5 Å². The van der Waals surface area contributed by atoms with Crippen LogP contribution in [-0.4, -0.2) is 46.3 Å². The summed E-state index contributed by atoms with van der Waals surface area (Å²) in [4.78, 5) is 12.6. The Morgan fingerprint density at radius 2 is 2.26 bits per heavy atom. The van der Waals surface area contributed by atoms with E-state index >= 15 is 0 Å². The molecule has 2 aromatic rings. The molecule has 0 spiro atoms. The number of hydrogen-bond donors (Lipinski definition) is 2. The molecule has 4 rings (SSSR count). The number of nitrogens with one attached hydrogen (secondary N) is 1. The Bertz CT molecular complexity index is 825. The molecule has 1 atom stereocenters. The topological polar surface area (TPSA) is 98.5 Å². The molecule has 1 aliphatic heterocycles. The van der Waals surface area contributed by atoms with Crippen molar-refractivity contribution in [2.75, 3.05) is 20.3 Å². The van der Waals surface area contributed by atoms with E-state index in [1.54, 1.807) is 16.8 Å². The van der Waals surface area contributed by atoms with E-state index in [-0.39, 0.29) is 24.2 Å². The maximum atomic E-state index is 12.6. The number of methoxy groups -OCH3 is 1. The van der Waals surface area contributed by atoms with Crippen molar-refractivity contribution in [3.63, 3.8) is 0 Å². The number of carbonyl (C=O) groups is 1. The fraction of sp³-hybridized carbons (Fsp3) is 0.526. The Morgan fingerprint density at radius 3 is 2.96 bits per heavy atom. The zero-order valence-corrected chi connectivity index (χ0v) is 15.4. The average Bonchev–Trinajstić information content (AvgIpc) is 3.13. The Kier molecular flexibility index (Phi) is 4.98. The molecule has 1 aromatic carbocycles.